The molecule has 0 radical (unpaired) electrons. The van der Waals surface area contributed by atoms with Gasteiger partial charge in [-0.25, -0.2) is 0 Å². The second-order valence-electron chi connectivity index (χ2n) is 6.05. The number of fused-ring (bicyclic) bond motifs is 1. The molecule has 1 aliphatic carbocycles. The molecule has 0 spiro atoms. The van der Waals surface area contributed by atoms with Crippen LogP contribution in [0.25, 0.3) is 5.57 Å². The SMILES string of the molecule is COc1ccc2c(c1)[Te]C=CC2=CC=C1C=CC(=[N+](C)C)C=C1.F[B-](F)(F)F. The molecule has 0 N–H and O–H groups in total. The number of methoxy groups -OCH3 is 1. The van der Waals surface area contributed by atoms with Gasteiger partial charge in [0, 0.05) is 0 Å². The van der Waals surface area contributed by atoms with E-state index in [9.17, 15) is 17.3 Å². The molecule has 2 nitrogen and oxygen atoms in total. The standard InChI is InChI=1S/C20H20NOTe.BF4/c1-21(2)17-8-5-15(6-9-17)4-7-16-12-13-23-20-14-18(22-3)10-11-19(16)20;2-1(3,4)5/h4-14H,1-3H3;/q+1;-1. The average Bonchev–Trinajstić information content (AvgIpc) is 2.64. The summed E-state index contributed by atoms with van der Waals surface area (Å²) >= 11 is -0.239. The summed E-state index contributed by atoms with van der Waals surface area (Å²) < 4.78 is 50.2. The van der Waals surface area contributed by atoms with Crippen molar-refractivity contribution in [2.75, 3.05) is 21.2 Å². The number of nitrogens with zero attached hydrogens (tertiary/aromatic N) is 1. The van der Waals surface area contributed by atoms with Crippen molar-refractivity contribution in [3.05, 3.63) is 76.0 Å². The zero-order valence-corrected chi connectivity index (χ0v) is 18.0. The number of hydrogen-bond donors (Lipinski definition) is 0. The first-order valence-corrected chi connectivity index (χ1v) is 10.9. The Morgan fingerprint density at radius 1 is 0.964 bits per heavy atom. The topological polar surface area (TPSA) is 12.2 Å². The molecular weight excluding hydrogens is 485 g/mol. The summed E-state index contributed by atoms with van der Waals surface area (Å²) in [6.45, 7) is 0. The van der Waals surface area contributed by atoms with Gasteiger partial charge in [-0.15, -0.1) is 0 Å². The molecule has 3 rings (SSSR count). The molecule has 1 aliphatic heterocycles. The fourth-order valence-electron chi connectivity index (χ4n) is 2.45. The summed E-state index contributed by atoms with van der Waals surface area (Å²) in [7, 11) is -0.159. The zero-order valence-electron chi connectivity index (χ0n) is 15.7. The monoisotopic (exact) mass is 507 g/mol. The smallest absolute Gasteiger partial charge is 0.418 e. The van der Waals surface area contributed by atoms with Crippen molar-refractivity contribution in [1.29, 1.82) is 0 Å². The second kappa shape index (κ2) is 9.95. The molecule has 8 heteroatoms. The van der Waals surface area contributed by atoms with E-state index in [1.54, 1.807) is 7.11 Å². The van der Waals surface area contributed by atoms with E-state index in [1.807, 2.05) is 6.07 Å². The first-order chi connectivity index (χ1) is 13.2. The number of ether oxygens (including phenoxy) is 1. The summed E-state index contributed by atoms with van der Waals surface area (Å²) in [6.07, 6.45) is 15.2. The van der Waals surface area contributed by atoms with E-state index in [0.29, 0.717) is 0 Å². The van der Waals surface area contributed by atoms with E-state index in [1.165, 1.54) is 26.0 Å². The van der Waals surface area contributed by atoms with E-state index in [2.05, 4.69) is 77.5 Å². The Bertz CT molecular complexity index is 883. The Morgan fingerprint density at radius 3 is 2.18 bits per heavy atom. The van der Waals surface area contributed by atoms with E-state index in [-0.39, 0.29) is 20.9 Å². The molecule has 0 bridgehead atoms. The Labute approximate surface area is 172 Å². The first kappa shape index (κ1) is 22.3. The van der Waals surface area contributed by atoms with Gasteiger partial charge in [0.2, 0.25) is 0 Å². The van der Waals surface area contributed by atoms with Crippen molar-refractivity contribution >= 4 is 43.1 Å². The Hall–Kier alpha value is -2.04. The molecule has 1 aromatic rings. The minimum atomic E-state index is -6.00. The van der Waals surface area contributed by atoms with Crippen molar-refractivity contribution < 1.29 is 26.6 Å². The quantitative estimate of drug-likeness (QED) is 0.337. The maximum Gasteiger partial charge on any atom is 0.673 e. The predicted octanol–water partition coefficient (Wildman–Crippen LogP) is 4.00. The van der Waals surface area contributed by atoms with Crippen molar-refractivity contribution in [2.24, 2.45) is 0 Å². The van der Waals surface area contributed by atoms with Gasteiger partial charge < -0.3 is 17.3 Å². The third-order valence-electron chi connectivity index (χ3n) is 3.81. The van der Waals surface area contributed by atoms with E-state index < -0.39 is 7.25 Å². The molecule has 148 valence electrons. The molecule has 0 aromatic heterocycles. The summed E-state index contributed by atoms with van der Waals surface area (Å²) in [5, 5.41) is 0. The third kappa shape index (κ3) is 7.18. The molecule has 0 amide bonds. The average molecular weight is 505 g/mol. The van der Waals surface area contributed by atoms with Crippen molar-refractivity contribution in [1.82, 2.24) is 0 Å². The normalized spacial score (nSPS) is 16.5. The molecule has 0 saturated carbocycles. The maximum atomic E-state index is 9.75. The van der Waals surface area contributed by atoms with Gasteiger partial charge in [0.1, 0.15) is 0 Å². The van der Waals surface area contributed by atoms with Gasteiger partial charge >= 0.3 is 155 Å². The fourth-order valence-corrected chi connectivity index (χ4v) is 4.90. The predicted molar refractivity (Wildman–Crippen MR) is 109 cm³/mol. The molecule has 28 heavy (non-hydrogen) atoms. The van der Waals surface area contributed by atoms with Crippen LogP contribution in [0.4, 0.5) is 17.3 Å². The van der Waals surface area contributed by atoms with E-state index in [4.69, 9.17) is 4.74 Å². The Balaban J connectivity index is 0.000000500. The van der Waals surface area contributed by atoms with Crippen LogP contribution in [0.3, 0.4) is 0 Å². The number of allylic oxidation sites excluding steroid dienone is 9. The van der Waals surface area contributed by atoms with Crippen LogP contribution in [0.15, 0.2) is 70.4 Å². The molecule has 1 heterocycles. The summed E-state index contributed by atoms with van der Waals surface area (Å²) in [5.74, 6) is 0.951. The number of hydrogen-bond acceptors (Lipinski definition) is 1. The van der Waals surface area contributed by atoms with Gasteiger partial charge in [-0.2, -0.15) is 0 Å². The molecule has 2 aliphatic rings. The number of benzene rings is 1. The summed E-state index contributed by atoms with van der Waals surface area (Å²) in [6, 6.07) is 6.41. The zero-order chi connectivity index (χ0) is 20.7. The molecule has 0 saturated heterocycles. The third-order valence-corrected chi connectivity index (χ3v) is 6.27. The summed E-state index contributed by atoms with van der Waals surface area (Å²) in [4.78, 5) is 0. The Morgan fingerprint density at radius 2 is 1.61 bits per heavy atom. The Kier molecular flexibility index (Phi) is 7.91. The van der Waals surface area contributed by atoms with Gasteiger partial charge in [0.05, 0.1) is 0 Å². The van der Waals surface area contributed by atoms with Gasteiger partial charge in [0.15, 0.2) is 0 Å². The van der Waals surface area contributed by atoms with Crippen molar-refractivity contribution in [3.8, 4) is 5.75 Å². The van der Waals surface area contributed by atoms with Crippen LogP contribution < -0.4 is 8.35 Å². The van der Waals surface area contributed by atoms with Crippen LogP contribution in [0.5, 0.6) is 5.75 Å². The minimum absolute atomic E-state index is 0.239. The maximum absolute atomic E-state index is 9.75. The second-order valence-corrected chi connectivity index (χ2v) is 8.76. The molecule has 0 atom stereocenters. The van der Waals surface area contributed by atoms with Crippen LogP contribution in [-0.4, -0.2) is 59.7 Å². The van der Waals surface area contributed by atoms with E-state index in [0.717, 1.165) is 5.75 Å². The van der Waals surface area contributed by atoms with Crippen LogP contribution >= 0.6 is 0 Å². The van der Waals surface area contributed by atoms with Gasteiger partial charge in [0.25, 0.3) is 0 Å². The van der Waals surface area contributed by atoms with Crippen LogP contribution in [0, 0.1) is 0 Å². The molecular formula is C20H20BF4NOTe. The van der Waals surface area contributed by atoms with Gasteiger partial charge in [-0.1, -0.05) is 0 Å². The van der Waals surface area contributed by atoms with Crippen LogP contribution in [-0.2, 0) is 0 Å². The van der Waals surface area contributed by atoms with Gasteiger partial charge in [-0.05, 0) is 0 Å². The van der Waals surface area contributed by atoms with E-state index >= 15 is 0 Å². The largest absolute Gasteiger partial charge is 0.673 e. The first-order valence-electron chi connectivity index (χ1n) is 8.39. The minimum Gasteiger partial charge on any atom is -0.418 e. The number of rotatable bonds is 2. The van der Waals surface area contributed by atoms with Crippen LogP contribution in [0.1, 0.15) is 5.56 Å². The summed E-state index contributed by atoms with van der Waals surface area (Å²) in [5.41, 5.74) is 5.05. The van der Waals surface area contributed by atoms with Crippen LogP contribution in [0.2, 0.25) is 0 Å². The van der Waals surface area contributed by atoms with Gasteiger partial charge in [-0.3, -0.25) is 0 Å². The molecule has 0 unspecified atom stereocenters. The number of halogens is 4. The molecule has 1 aromatic carbocycles. The van der Waals surface area contributed by atoms with Crippen molar-refractivity contribution in [3.63, 3.8) is 0 Å². The van der Waals surface area contributed by atoms with Crippen molar-refractivity contribution in [2.45, 2.75) is 0 Å². The fraction of sp³-hybridized carbons (Fsp3) is 0.150. The molecule has 0 fully saturated rings.